The van der Waals surface area contributed by atoms with Crippen molar-refractivity contribution in [2.75, 3.05) is 0 Å². The van der Waals surface area contributed by atoms with Crippen LogP contribution in [0, 0.1) is 27.7 Å². The van der Waals surface area contributed by atoms with Gasteiger partial charge < -0.3 is 0 Å². The Hall–Kier alpha value is -1.56. The lowest BCUT2D eigenvalue weighted by Gasteiger charge is -2.30. The van der Waals surface area contributed by atoms with Crippen molar-refractivity contribution >= 4 is 0 Å². The topological polar surface area (TPSA) is 0 Å². The van der Waals surface area contributed by atoms with E-state index >= 15 is 0 Å². The molecule has 2 rings (SSSR count). The molecule has 0 bridgehead atoms. The quantitative estimate of drug-likeness (QED) is 0.685. The van der Waals surface area contributed by atoms with Crippen LogP contribution in [0.4, 0.5) is 0 Å². The summed E-state index contributed by atoms with van der Waals surface area (Å²) in [6.07, 6.45) is 0. The minimum atomic E-state index is 0.0512. The number of rotatable bonds is 2. The third-order valence-corrected chi connectivity index (χ3v) is 4.11. The molecule has 0 heterocycles. The molecular weight excluding hydrogens is 228 g/mol. The Morgan fingerprint density at radius 2 is 1.00 bits per heavy atom. The Morgan fingerprint density at radius 1 is 0.632 bits per heavy atom. The first-order valence-corrected chi connectivity index (χ1v) is 6.98. The molecule has 0 unspecified atom stereocenters. The van der Waals surface area contributed by atoms with Gasteiger partial charge in [-0.15, -0.1) is 0 Å². The molecule has 0 fully saturated rings. The van der Waals surface area contributed by atoms with Gasteiger partial charge in [0.15, 0.2) is 0 Å². The molecular formula is C19H24. The van der Waals surface area contributed by atoms with Crippen LogP contribution >= 0.6 is 0 Å². The lowest BCUT2D eigenvalue weighted by atomic mass is 9.74. The molecule has 2 aromatic rings. The molecule has 0 nitrogen and oxygen atoms in total. The van der Waals surface area contributed by atoms with E-state index in [9.17, 15) is 0 Å². The molecule has 100 valence electrons. The SMILES string of the molecule is Cc1ccc(C(C)(C)c2ccc(C)cc2C)c(C)c1. The smallest absolute Gasteiger partial charge is 0.0151 e. The molecule has 2 aromatic carbocycles. The van der Waals surface area contributed by atoms with Crippen molar-refractivity contribution in [1.29, 1.82) is 0 Å². The highest BCUT2D eigenvalue weighted by Gasteiger charge is 2.26. The molecule has 0 amide bonds. The van der Waals surface area contributed by atoms with Gasteiger partial charge in [-0.3, -0.25) is 0 Å². The van der Waals surface area contributed by atoms with Crippen LogP contribution in [0.25, 0.3) is 0 Å². The molecule has 0 N–H and O–H groups in total. The van der Waals surface area contributed by atoms with E-state index in [1.807, 2.05) is 0 Å². The van der Waals surface area contributed by atoms with Gasteiger partial charge in [0.1, 0.15) is 0 Å². The molecule has 0 aliphatic carbocycles. The Kier molecular flexibility index (Phi) is 3.54. The second-order valence-electron chi connectivity index (χ2n) is 6.26. The third kappa shape index (κ3) is 2.58. The van der Waals surface area contributed by atoms with E-state index in [1.165, 1.54) is 33.4 Å². The monoisotopic (exact) mass is 252 g/mol. The van der Waals surface area contributed by atoms with E-state index in [0.717, 1.165) is 0 Å². The summed E-state index contributed by atoms with van der Waals surface area (Å²) in [6, 6.07) is 13.6. The Balaban J connectivity index is 2.58. The van der Waals surface area contributed by atoms with Gasteiger partial charge in [-0.05, 0) is 49.9 Å². The largest absolute Gasteiger partial charge is 0.0590 e. The van der Waals surface area contributed by atoms with Gasteiger partial charge in [-0.1, -0.05) is 61.4 Å². The number of aryl methyl sites for hydroxylation is 4. The second kappa shape index (κ2) is 4.85. The van der Waals surface area contributed by atoms with Crippen LogP contribution in [0.3, 0.4) is 0 Å². The molecule has 0 saturated carbocycles. The molecule has 0 radical (unpaired) electrons. The molecule has 0 aliphatic rings. The maximum Gasteiger partial charge on any atom is 0.0151 e. The van der Waals surface area contributed by atoms with Crippen molar-refractivity contribution in [2.45, 2.75) is 47.0 Å². The Morgan fingerprint density at radius 3 is 1.32 bits per heavy atom. The van der Waals surface area contributed by atoms with E-state index in [4.69, 9.17) is 0 Å². The van der Waals surface area contributed by atoms with Gasteiger partial charge in [-0.25, -0.2) is 0 Å². The van der Waals surface area contributed by atoms with Gasteiger partial charge in [0.25, 0.3) is 0 Å². The average molecular weight is 252 g/mol. The molecule has 0 aliphatic heterocycles. The molecule has 0 spiro atoms. The summed E-state index contributed by atoms with van der Waals surface area (Å²) in [7, 11) is 0. The summed E-state index contributed by atoms with van der Waals surface area (Å²) in [5.74, 6) is 0. The molecule has 19 heavy (non-hydrogen) atoms. The van der Waals surface area contributed by atoms with Crippen LogP contribution in [0.2, 0.25) is 0 Å². The van der Waals surface area contributed by atoms with Crippen LogP contribution in [0.1, 0.15) is 47.2 Å². The predicted octanol–water partition coefficient (Wildman–Crippen LogP) is 5.25. The first kappa shape index (κ1) is 13.9. The van der Waals surface area contributed by atoms with Gasteiger partial charge in [0, 0.05) is 5.41 Å². The first-order valence-electron chi connectivity index (χ1n) is 6.98. The fourth-order valence-electron chi connectivity index (χ4n) is 3.17. The van der Waals surface area contributed by atoms with Crippen molar-refractivity contribution in [3.63, 3.8) is 0 Å². The van der Waals surface area contributed by atoms with Crippen LogP contribution in [-0.4, -0.2) is 0 Å². The van der Waals surface area contributed by atoms with Crippen molar-refractivity contribution in [3.8, 4) is 0 Å². The number of hydrogen-bond acceptors (Lipinski definition) is 0. The highest BCUT2D eigenvalue weighted by Crippen LogP contribution is 2.35. The van der Waals surface area contributed by atoms with Crippen LogP contribution in [-0.2, 0) is 5.41 Å². The second-order valence-corrected chi connectivity index (χ2v) is 6.26. The average Bonchev–Trinajstić information content (AvgIpc) is 2.27. The zero-order valence-electron chi connectivity index (χ0n) is 13.0. The molecule has 0 saturated heterocycles. The highest BCUT2D eigenvalue weighted by atomic mass is 14.3. The van der Waals surface area contributed by atoms with E-state index in [0.29, 0.717) is 0 Å². The minimum absolute atomic E-state index is 0.0512. The van der Waals surface area contributed by atoms with Gasteiger partial charge in [0.05, 0.1) is 0 Å². The maximum absolute atomic E-state index is 2.32. The van der Waals surface area contributed by atoms with Crippen LogP contribution in [0.5, 0.6) is 0 Å². The lowest BCUT2D eigenvalue weighted by molar-refractivity contribution is 0.631. The summed E-state index contributed by atoms with van der Waals surface area (Å²) < 4.78 is 0. The van der Waals surface area contributed by atoms with Gasteiger partial charge >= 0.3 is 0 Å². The first-order chi connectivity index (χ1) is 8.82. The zero-order chi connectivity index (χ0) is 14.2. The van der Waals surface area contributed by atoms with Crippen LogP contribution in [0.15, 0.2) is 36.4 Å². The molecule has 0 atom stereocenters. The number of hydrogen-bond donors (Lipinski definition) is 0. The van der Waals surface area contributed by atoms with Gasteiger partial charge in [0.2, 0.25) is 0 Å². The van der Waals surface area contributed by atoms with Crippen molar-refractivity contribution < 1.29 is 0 Å². The van der Waals surface area contributed by atoms with Crippen molar-refractivity contribution in [3.05, 3.63) is 69.8 Å². The number of benzene rings is 2. The van der Waals surface area contributed by atoms with Crippen LogP contribution < -0.4 is 0 Å². The minimum Gasteiger partial charge on any atom is -0.0590 e. The summed E-state index contributed by atoms with van der Waals surface area (Å²) in [5.41, 5.74) is 8.32. The summed E-state index contributed by atoms with van der Waals surface area (Å²) >= 11 is 0. The van der Waals surface area contributed by atoms with Crippen molar-refractivity contribution in [1.82, 2.24) is 0 Å². The van der Waals surface area contributed by atoms with Gasteiger partial charge in [-0.2, -0.15) is 0 Å². The van der Waals surface area contributed by atoms with E-state index in [1.54, 1.807) is 0 Å². The van der Waals surface area contributed by atoms with E-state index in [-0.39, 0.29) is 5.41 Å². The Labute approximate surface area is 117 Å². The standard InChI is InChI=1S/C19H24/c1-13-7-9-17(15(3)11-13)19(5,6)18-10-8-14(2)12-16(18)4/h7-12H,1-6H3. The fraction of sp³-hybridized carbons (Fsp3) is 0.368. The normalized spacial score (nSPS) is 11.7. The van der Waals surface area contributed by atoms with Crippen molar-refractivity contribution in [2.24, 2.45) is 0 Å². The third-order valence-electron chi connectivity index (χ3n) is 4.11. The lowest BCUT2D eigenvalue weighted by Crippen LogP contribution is -2.21. The molecule has 0 heteroatoms. The van der Waals surface area contributed by atoms with E-state index in [2.05, 4.69) is 77.9 Å². The summed E-state index contributed by atoms with van der Waals surface area (Å²) in [4.78, 5) is 0. The van der Waals surface area contributed by atoms with E-state index < -0.39 is 0 Å². The summed E-state index contributed by atoms with van der Waals surface area (Å²) in [6.45, 7) is 13.4. The zero-order valence-corrected chi connectivity index (χ0v) is 13.0. The fourth-order valence-corrected chi connectivity index (χ4v) is 3.17. The molecule has 0 aromatic heterocycles. The highest BCUT2D eigenvalue weighted by molar-refractivity contribution is 5.46. The predicted molar refractivity (Wildman–Crippen MR) is 84.0 cm³/mol. The maximum atomic E-state index is 2.32. The Bertz CT molecular complexity index is 550. The summed E-state index contributed by atoms with van der Waals surface area (Å²) in [5, 5.41) is 0.